The van der Waals surface area contributed by atoms with Crippen LogP contribution in [-0.2, 0) is 23.1 Å². The van der Waals surface area contributed by atoms with Gasteiger partial charge in [0.1, 0.15) is 0 Å². The first kappa shape index (κ1) is 15.7. The first-order valence-electron chi connectivity index (χ1n) is 8.25. The summed E-state index contributed by atoms with van der Waals surface area (Å²) in [6, 6.07) is 10.5. The molecule has 1 amide bonds. The van der Waals surface area contributed by atoms with Gasteiger partial charge in [0, 0.05) is 37.8 Å². The smallest absolute Gasteiger partial charge is 0.228 e. The fourth-order valence-electron chi connectivity index (χ4n) is 3.18. The molecule has 5 nitrogen and oxygen atoms in total. The molecule has 1 atom stereocenters. The van der Waals surface area contributed by atoms with Crippen molar-refractivity contribution in [2.45, 2.75) is 44.9 Å². The maximum Gasteiger partial charge on any atom is 0.228 e. The quantitative estimate of drug-likeness (QED) is 0.851. The van der Waals surface area contributed by atoms with E-state index in [0.717, 1.165) is 25.2 Å². The van der Waals surface area contributed by atoms with Crippen LogP contribution < -0.4 is 0 Å². The van der Waals surface area contributed by atoms with Gasteiger partial charge in [-0.25, -0.2) is 0 Å². The van der Waals surface area contributed by atoms with Gasteiger partial charge in [0.15, 0.2) is 5.82 Å². The first-order valence-corrected chi connectivity index (χ1v) is 8.25. The minimum absolute atomic E-state index is 0.0125. The van der Waals surface area contributed by atoms with E-state index in [1.165, 1.54) is 5.56 Å². The van der Waals surface area contributed by atoms with Crippen LogP contribution in [-0.4, -0.2) is 34.0 Å². The largest absolute Gasteiger partial charge is 0.341 e. The summed E-state index contributed by atoms with van der Waals surface area (Å²) < 4.78 is 5.22. The lowest BCUT2D eigenvalue weighted by molar-refractivity contribution is -0.135. The summed E-state index contributed by atoms with van der Waals surface area (Å²) in [4.78, 5) is 18.5. The Morgan fingerprint density at radius 2 is 2.09 bits per heavy atom. The summed E-state index contributed by atoms with van der Waals surface area (Å²) in [5.74, 6) is 1.55. The van der Waals surface area contributed by atoms with Crippen LogP contribution in [0, 0.1) is 0 Å². The number of aryl methyl sites for hydroxylation is 1. The molecule has 3 rings (SSSR count). The van der Waals surface area contributed by atoms with Gasteiger partial charge in [0.2, 0.25) is 11.8 Å². The zero-order valence-electron chi connectivity index (χ0n) is 13.8. The highest BCUT2D eigenvalue weighted by Gasteiger charge is 2.36. The molecule has 122 valence electrons. The predicted molar refractivity (Wildman–Crippen MR) is 87.0 cm³/mol. The molecule has 0 spiro atoms. The Morgan fingerprint density at radius 1 is 1.30 bits per heavy atom. The Balaban J connectivity index is 1.67. The van der Waals surface area contributed by atoms with Gasteiger partial charge in [-0.3, -0.25) is 4.79 Å². The van der Waals surface area contributed by atoms with Crippen LogP contribution in [0.1, 0.15) is 44.0 Å². The number of piperidine rings is 1. The van der Waals surface area contributed by atoms with Crippen molar-refractivity contribution in [1.82, 2.24) is 15.0 Å². The van der Waals surface area contributed by atoms with Crippen molar-refractivity contribution in [2.24, 2.45) is 0 Å². The second-order valence-corrected chi connectivity index (χ2v) is 6.45. The molecule has 1 aromatic heterocycles. The number of rotatable bonds is 5. The molecule has 2 heterocycles. The highest BCUT2D eigenvalue weighted by molar-refractivity contribution is 5.77. The monoisotopic (exact) mass is 313 g/mol. The fourth-order valence-corrected chi connectivity index (χ4v) is 3.18. The molecule has 0 aliphatic carbocycles. The minimum Gasteiger partial charge on any atom is -0.341 e. The number of nitrogens with zero attached hydrogens (tertiary/aromatic N) is 3. The third kappa shape index (κ3) is 3.44. The molecule has 5 heteroatoms. The Labute approximate surface area is 136 Å². The Kier molecular flexibility index (Phi) is 4.46. The third-order valence-electron chi connectivity index (χ3n) is 4.68. The highest BCUT2D eigenvalue weighted by atomic mass is 16.5. The van der Waals surface area contributed by atoms with Crippen LogP contribution in [0.2, 0.25) is 0 Å². The van der Waals surface area contributed by atoms with Crippen LogP contribution in [0.5, 0.6) is 0 Å². The number of hydrogen-bond acceptors (Lipinski definition) is 4. The van der Waals surface area contributed by atoms with Gasteiger partial charge < -0.3 is 9.42 Å². The number of benzene rings is 1. The van der Waals surface area contributed by atoms with E-state index < -0.39 is 0 Å². The fraction of sp³-hybridized carbons (Fsp3) is 0.500. The van der Waals surface area contributed by atoms with E-state index in [1.54, 1.807) is 0 Å². The van der Waals surface area contributed by atoms with Crippen molar-refractivity contribution in [1.29, 1.82) is 0 Å². The van der Waals surface area contributed by atoms with E-state index in [1.807, 2.05) is 17.9 Å². The molecular formula is C18H23N3O2. The van der Waals surface area contributed by atoms with Crippen molar-refractivity contribution in [3.63, 3.8) is 0 Å². The minimum atomic E-state index is 0.0125. The number of carbonyl (C=O) groups is 1. The Bertz CT molecular complexity index is 668. The standard InChI is InChI=1S/C18H23N3O2/c1-3-15-19-16(23-20-15)10-12-21-13-18(2,11-9-17(21)22)14-7-5-4-6-8-14/h4-8H,3,9-13H2,1-2H3. The number of hydrogen-bond donors (Lipinski definition) is 0. The van der Waals surface area contributed by atoms with E-state index in [2.05, 4.69) is 41.3 Å². The summed E-state index contributed by atoms with van der Waals surface area (Å²) >= 11 is 0. The molecule has 1 fully saturated rings. The molecule has 23 heavy (non-hydrogen) atoms. The molecule has 1 unspecified atom stereocenters. The molecule has 0 bridgehead atoms. The van der Waals surface area contributed by atoms with E-state index in [0.29, 0.717) is 25.3 Å². The summed E-state index contributed by atoms with van der Waals surface area (Å²) in [7, 11) is 0. The van der Waals surface area contributed by atoms with Gasteiger partial charge in [-0.2, -0.15) is 4.98 Å². The van der Waals surface area contributed by atoms with Crippen LogP contribution in [0.25, 0.3) is 0 Å². The van der Waals surface area contributed by atoms with Crippen molar-refractivity contribution >= 4 is 5.91 Å². The number of amides is 1. The summed E-state index contributed by atoms with van der Waals surface area (Å²) in [6.07, 6.45) is 2.87. The van der Waals surface area contributed by atoms with Crippen molar-refractivity contribution in [3.8, 4) is 0 Å². The molecular weight excluding hydrogens is 290 g/mol. The van der Waals surface area contributed by atoms with Crippen molar-refractivity contribution < 1.29 is 9.32 Å². The van der Waals surface area contributed by atoms with E-state index in [9.17, 15) is 4.79 Å². The second kappa shape index (κ2) is 6.52. The molecule has 1 aliphatic rings. The number of likely N-dealkylation sites (tertiary alicyclic amines) is 1. The SMILES string of the molecule is CCc1noc(CCN2CC(C)(c3ccccc3)CCC2=O)n1. The predicted octanol–water partition coefficient (Wildman–Crippen LogP) is 2.75. The summed E-state index contributed by atoms with van der Waals surface area (Å²) in [6.45, 7) is 5.61. The van der Waals surface area contributed by atoms with Gasteiger partial charge in [0.25, 0.3) is 0 Å². The third-order valence-corrected chi connectivity index (χ3v) is 4.68. The number of carbonyl (C=O) groups excluding carboxylic acids is 1. The molecule has 0 N–H and O–H groups in total. The lowest BCUT2D eigenvalue weighted by atomic mass is 9.75. The highest BCUT2D eigenvalue weighted by Crippen LogP contribution is 2.34. The van der Waals surface area contributed by atoms with E-state index in [-0.39, 0.29) is 11.3 Å². The maximum absolute atomic E-state index is 12.3. The van der Waals surface area contributed by atoms with E-state index in [4.69, 9.17) is 4.52 Å². The van der Waals surface area contributed by atoms with Crippen LogP contribution in [0.4, 0.5) is 0 Å². The number of aromatic nitrogens is 2. The Morgan fingerprint density at radius 3 is 2.78 bits per heavy atom. The lowest BCUT2D eigenvalue weighted by Crippen LogP contribution is -2.48. The summed E-state index contributed by atoms with van der Waals surface area (Å²) in [5, 5.41) is 3.90. The van der Waals surface area contributed by atoms with Gasteiger partial charge >= 0.3 is 0 Å². The molecule has 0 saturated carbocycles. The zero-order valence-corrected chi connectivity index (χ0v) is 13.8. The Hall–Kier alpha value is -2.17. The average molecular weight is 313 g/mol. The van der Waals surface area contributed by atoms with Crippen molar-refractivity contribution in [2.75, 3.05) is 13.1 Å². The zero-order chi connectivity index (χ0) is 16.3. The average Bonchev–Trinajstić information content (AvgIpc) is 3.05. The summed E-state index contributed by atoms with van der Waals surface area (Å²) in [5.41, 5.74) is 1.31. The normalized spacial score (nSPS) is 21.7. The van der Waals surface area contributed by atoms with Crippen LogP contribution >= 0.6 is 0 Å². The van der Waals surface area contributed by atoms with Gasteiger partial charge in [0.05, 0.1) is 0 Å². The molecule has 2 aromatic rings. The second-order valence-electron chi connectivity index (χ2n) is 6.45. The molecule has 1 aromatic carbocycles. The lowest BCUT2D eigenvalue weighted by Gasteiger charge is -2.40. The van der Waals surface area contributed by atoms with Crippen LogP contribution in [0.15, 0.2) is 34.9 Å². The van der Waals surface area contributed by atoms with Gasteiger partial charge in [-0.05, 0) is 12.0 Å². The molecule has 1 saturated heterocycles. The van der Waals surface area contributed by atoms with Crippen LogP contribution in [0.3, 0.4) is 0 Å². The van der Waals surface area contributed by atoms with Crippen molar-refractivity contribution in [3.05, 3.63) is 47.6 Å². The first-order chi connectivity index (χ1) is 11.1. The van der Waals surface area contributed by atoms with E-state index >= 15 is 0 Å². The maximum atomic E-state index is 12.3. The molecule has 1 aliphatic heterocycles. The molecule has 0 radical (unpaired) electrons. The van der Waals surface area contributed by atoms with Gasteiger partial charge in [-0.1, -0.05) is 49.3 Å². The topological polar surface area (TPSA) is 59.2 Å². The van der Waals surface area contributed by atoms with Gasteiger partial charge in [-0.15, -0.1) is 0 Å².